The second-order valence-corrected chi connectivity index (χ2v) is 10.3. The summed E-state index contributed by atoms with van der Waals surface area (Å²) in [6.07, 6.45) is 14.2. The van der Waals surface area contributed by atoms with Crippen LogP contribution in [0.25, 0.3) is 0 Å². The maximum atomic E-state index is 12.7. The number of unbranched alkanes of at least 4 members (excludes halogenated alkanes) is 9. The van der Waals surface area contributed by atoms with E-state index >= 15 is 0 Å². The number of phosphoric acid groups is 1. The second-order valence-electron chi connectivity index (χ2n) is 8.70. The summed E-state index contributed by atoms with van der Waals surface area (Å²) in [7, 11) is -3.67. The molecule has 2 aliphatic heterocycles. The van der Waals surface area contributed by atoms with Crippen molar-refractivity contribution >= 4 is 13.8 Å². The highest BCUT2D eigenvalue weighted by atomic mass is 31.2. The van der Waals surface area contributed by atoms with Gasteiger partial charge in [0.05, 0.1) is 30.8 Å². The van der Waals surface area contributed by atoms with Gasteiger partial charge in [-0.2, -0.15) is 0 Å². The molecule has 1 N–H and O–H groups in total. The fourth-order valence-corrected chi connectivity index (χ4v) is 5.36. The van der Waals surface area contributed by atoms with Gasteiger partial charge in [-0.05, 0) is 26.2 Å². The summed E-state index contributed by atoms with van der Waals surface area (Å²) in [5.41, 5.74) is 0.411. The topological polar surface area (TPSA) is 91.3 Å². The summed E-state index contributed by atoms with van der Waals surface area (Å²) in [5.74, 6) is -0.383. The van der Waals surface area contributed by atoms with E-state index in [1.54, 1.807) is 6.92 Å². The molecule has 2 rings (SSSR count). The Balaban J connectivity index is 1.45. The van der Waals surface area contributed by atoms with Crippen LogP contribution in [0.4, 0.5) is 0 Å². The number of hydrogen-bond acceptors (Lipinski definition) is 7. The average molecular weight is 461 g/mol. The number of esters is 1. The minimum absolute atomic E-state index is 0.105. The molecule has 180 valence electrons. The standard InChI is InChI=1S/C23H41O7P/c1-3-4-14-21(24)15-12-10-8-6-5-7-9-11-13-16-28-31(26)29-18-20-17-27-23(25)22(20)19(2)30-31/h20-21,24H,3-18H2,1-2H3/t20-,21+,31+/m1/s1. The van der Waals surface area contributed by atoms with Gasteiger partial charge in [0.25, 0.3) is 0 Å². The summed E-state index contributed by atoms with van der Waals surface area (Å²) < 4.78 is 33.9. The van der Waals surface area contributed by atoms with Gasteiger partial charge in [0.15, 0.2) is 0 Å². The molecular weight excluding hydrogens is 419 g/mol. The number of carbonyl (C=O) groups excluding carboxylic acids is 1. The minimum Gasteiger partial charge on any atom is -0.461 e. The van der Waals surface area contributed by atoms with Gasteiger partial charge in [-0.15, -0.1) is 0 Å². The maximum Gasteiger partial charge on any atom is 0.529 e. The normalized spacial score (nSPS) is 24.5. The van der Waals surface area contributed by atoms with E-state index in [9.17, 15) is 14.5 Å². The summed E-state index contributed by atoms with van der Waals surface area (Å²) in [6.45, 7) is 4.41. The van der Waals surface area contributed by atoms with Crippen molar-refractivity contribution in [3.05, 3.63) is 11.3 Å². The monoisotopic (exact) mass is 460 g/mol. The lowest BCUT2D eigenvalue weighted by molar-refractivity contribution is -0.135. The van der Waals surface area contributed by atoms with Gasteiger partial charge in [-0.3, -0.25) is 9.05 Å². The summed E-state index contributed by atoms with van der Waals surface area (Å²) in [4.78, 5) is 11.7. The molecule has 3 atom stereocenters. The van der Waals surface area contributed by atoms with Gasteiger partial charge in [0.1, 0.15) is 12.4 Å². The van der Waals surface area contributed by atoms with Crippen molar-refractivity contribution in [3.63, 3.8) is 0 Å². The number of ether oxygens (including phenoxy) is 1. The number of aliphatic hydroxyl groups is 1. The predicted molar refractivity (Wildman–Crippen MR) is 119 cm³/mol. The van der Waals surface area contributed by atoms with Gasteiger partial charge in [0.2, 0.25) is 0 Å². The van der Waals surface area contributed by atoms with E-state index in [-0.39, 0.29) is 31.0 Å². The highest BCUT2D eigenvalue weighted by Gasteiger charge is 2.42. The van der Waals surface area contributed by atoms with Crippen molar-refractivity contribution in [2.45, 2.75) is 103 Å². The SMILES string of the molecule is CCCC[C@H](O)CCCCCCCCCCCO[P@@]1(=O)OC[C@H]2COC(=O)C2=C(C)O1. The molecule has 31 heavy (non-hydrogen) atoms. The van der Waals surface area contributed by atoms with Crippen LogP contribution >= 0.6 is 7.82 Å². The van der Waals surface area contributed by atoms with E-state index in [0.717, 1.165) is 51.4 Å². The molecule has 2 aliphatic rings. The molecule has 0 radical (unpaired) electrons. The minimum atomic E-state index is -3.67. The third-order valence-electron chi connectivity index (χ3n) is 5.93. The molecule has 1 saturated heterocycles. The van der Waals surface area contributed by atoms with E-state index < -0.39 is 13.8 Å². The average Bonchev–Trinajstić information content (AvgIpc) is 3.06. The number of carbonyl (C=O) groups is 1. The summed E-state index contributed by atoms with van der Waals surface area (Å²) >= 11 is 0. The summed E-state index contributed by atoms with van der Waals surface area (Å²) in [5, 5.41) is 9.83. The lowest BCUT2D eigenvalue weighted by Gasteiger charge is -2.17. The molecule has 8 heteroatoms. The highest BCUT2D eigenvalue weighted by Crippen LogP contribution is 2.54. The van der Waals surface area contributed by atoms with Crippen LogP contribution in [0.1, 0.15) is 97.3 Å². The van der Waals surface area contributed by atoms with Gasteiger partial charge in [-0.1, -0.05) is 71.1 Å². The van der Waals surface area contributed by atoms with E-state index in [1.165, 1.54) is 32.1 Å². The molecule has 0 aromatic rings. The molecule has 0 aliphatic carbocycles. The van der Waals surface area contributed by atoms with E-state index in [2.05, 4.69) is 6.92 Å². The molecule has 0 saturated carbocycles. The Kier molecular flexibility index (Phi) is 12.2. The molecule has 0 aromatic carbocycles. The smallest absolute Gasteiger partial charge is 0.461 e. The van der Waals surface area contributed by atoms with E-state index in [0.29, 0.717) is 12.2 Å². The maximum absolute atomic E-state index is 12.7. The van der Waals surface area contributed by atoms with Crippen LogP contribution in [0, 0.1) is 5.92 Å². The zero-order chi connectivity index (χ0) is 22.5. The largest absolute Gasteiger partial charge is 0.529 e. The third-order valence-corrected chi connectivity index (χ3v) is 7.39. The van der Waals surface area contributed by atoms with Crippen LogP contribution < -0.4 is 0 Å². The Labute approximate surface area is 187 Å². The summed E-state index contributed by atoms with van der Waals surface area (Å²) in [6, 6.07) is 0. The number of rotatable bonds is 16. The van der Waals surface area contributed by atoms with Crippen molar-refractivity contribution < 1.29 is 32.8 Å². The Bertz CT molecular complexity index is 619. The van der Waals surface area contributed by atoms with Gasteiger partial charge in [-0.25, -0.2) is 9.36 Å². The van der Waals surface area contributed by atoms with E-state index in [1.807, 2.05) is 0 Å². The Hall–Kier alpha value is -0.880. The van der Waals surface area contributed by atoms with Gasteiger partial charge in [0, 0.05) is 0 Å². The number of cyclic esters (lactones) is 1. The lowest BCUT2D eigenvalue weighted by atomic mass is 10.0. The number of allylic oxidation sites excluding steroid dienone is 1. The molecular formula is C23H41O7P. The molecule has 0 unspecified atom stereocenters. The Morgan fingerprint density at radius 2 is 1.61 bits per heavy atom. The first-order chi connectivity index (χ1) is 14.9. The molecule has 2 heterocycles. The first kappa shape index (κ1) is 26.4. The molecule has 1 fully saturated rings. The highest BCUT2D eigenvalue weighted by molar-refractivity contribution is 7.48. The van der Waals surface area contributed by atoms with Crippen LogP contribution in [0.2, 0.25) is 0 Å². The molecule has 0 spiro atoms. The first-order valence-corrected chi connectivity index (χ1v) is 13.6. The molecule has 7 nitrogen and oxygen atoms in total. The number of hydrogen-bond donors (Lipinski definition) is 1. The van der Waals surface area contributed by atoms with Crippen LogP contribution in [0.3, 0.4) is 0 Å². The number of fused-ring (bicyclic) bond motifs is 1. The van der Waals surface area contributed by atoms with Crippen molar-refractivity contribution in [1.29, 1.82) is 0 Å². The van der Waals surface area contributed by atoms with Crippen molar-refractivity contribution in [3.8, 4) is 0 Å². The predicted octanol–water partition coefficient (Wildman–Crippen LogP) is 6.06. The Morgan fingerprint density at radius 1 is 1.00 bits per heavy atom. The quantitative estimate of drug-likeness (QED) is 0.170. The van der Waals surface area contributed by atoms with Crippen molar-refractivity contribution in [2.24, 2.45) is 5.92 Å². The fourth-order valence-electron chi connectivity index (χ4n) is 4.03. The van der Waals surface area contributed by atoms with Crippen LogP contribution in [0.5, 0.6) is 0 Å². The molecule has 0 bridgehead atoms. The van der Waals surface area contributed by atoms with Gasteiger partial charge < -0.3 is 14.4 Å². The van der Waals surface area contributed by atoms with Crippen molar-refractivity contribution in [2.75, 3.05) is 19.8 Å². The second kappa shape index (κ2) is 14.3. The lowest BCUT2D eigenvalue weighted by Crippen LogP contribution is -2.10. The van der Waals surface area contributed by atoms with E-state index in [4.69, 9.17) is 18.3 Å². The van der Waals surface area contributed by atoms with Crippen LogP contribution in [-0.4, -0.2) is 37.0 Å². The third kappa shape index (κ3) is 9.65. The molecule has 0 aromatic heterocycles. The Morgan fingerprint density at radius 3 is 2.29 bits per heavy atom. The zero-order valence-electron chi connectivity index (χ0n) is 19.3. The van der Waals surface area contributed by atoms with Crippen molar-refractivity contribution in [1.82, 2.24) is 0 Å². The van der Waals surface area contributed by atoms with Crippen LogP contribution in [-0.2, 0) is 27.7 Å². The van der Waals surface area contributed by atoms with Crippen LogP contribution in [0.15, 0.2) is 11.3 Å². The first-order valence-electron chi connectivity index (χ1n) is 12.1. The van der Waals surface area contributed by atoms with Gasteiger partial charge >= 0.3 is 13.8 Å². The number of phosphoric ester groups is 1. The number of aliphatic hydroxyl groups excluding tert-OH is 1. The molecule has 0 amide bonds. The fraction of sp³-hybridized carbons (Fsp3) is 0.870. The zero-order valence-corrected chi connectivity index (χ0v) is 20.2.